The van der Waals surface area contributed by atoms with Crippen molar-refractivity contribution in [3.8, 4) is 11.3 Å². The number of hydrogen-bond acceptors (Lipinski definition) is 6. The Morgan fingerprint density at radius 3 is 2.57 bits per heavy atom. The monoisotopic (exact) mass is 396 g/mol. The fraction of sp³-hybridized carbons (Fsp3) is 0.316. The zero-order chi connectivity index (χ0) is 19.3. The molecule has 1 saturated carbocycles. The Kier molecular flexibility index (Phi) is 5.43. The number of nitrogens with one attached hydrogen (secondary N) is 2. The molecule has 0 saturated heterocycles. The molecule has 0 aliphatic heterocycles. The molecule has 0 unspecified atom stereocenters. The van der Waals surface area contributed by atoms with Crippen LogP contribution in [0.15, 0.2) is 53.0 Å². The van der Waals surface area contributed by atoms with Crippen LogP contribution in [-0.4, -0.2) is 31.8 Å². The lowest BCUT2D eigenvalue weighted by molar-refractivity contribution is 0.234. The molecule has 1 aliphatic rings. The second-order valence-corrected chi connectivity index (χ2v) is 7.57. The van der Waals surface area contributed by atoms with Gasteiger partial charge in [0, 0.05) is 41.6 Å². The van der Waals surface area contributed by atoms with Crippen molar-refractivity contribution >= 4 is 22.5 Å². The summed E-state index contributed by atoms with van der Waals surface area (Å²) in [4.78, 5) is 32.5. The first-order chi connectivity index (χ1) is 13.7. The predicted octanol–water partition coefficient (Wildman–Crippen LogP) is 3.07. The van der Waals surface area contributed by atoms with Crippen LogP contribution in [0.4, 0.5) is 9.93 Å². The lowest BCUT2D eigenvalue weighted by atomic mass is 9.91. The van der Waals surface area contributed by atoms with Crippen LogP contribution >= 0.6 is 11.3 Å². The molecule has 0 spiro atoms. The first kappa shape index (κ1) is 18.3. The Hall–Kier alpha value is -3.07. The number of amides is 2. The van der Waals surface area contributed by atoms with E-state index in [1.54, 1.807) is 35.4 Å². The largest absolute Gasteiger partial charge is 0.335 e. The highest BCUT2D eigenvalue weighted by Gasteiger charge is 2.25. The van der Waals surface area contributed by atoms with Crippen LogP contribution in [0.5, 0.6) is 0 Å². The van der Waals surface area contributed by atoms with Crippen molar-refractivity contribution < 1.29 is 4.79 Å². The van der Waals surface area contributed by atoms with Gasteiger partial charge >= 0.3 is 6.03 Å². The van der Waals surface area contributed by atoms with Gasteiger partial charge in [0.2, 0.25) is 0 Å². The van der Waals surface area contributed by atoms with Crippen LogP contribution in [-0.2, 0) is 0 Å². The highest BCUT2D eigenvalue weighted by atomic mass is 32.1. The van der Waals surface area contributed by atoms with E-state index in [1.165, 1.54) is 11.3 Å². The lowest BCUT2D eigenvalue weighted by Gasteiger charge is -2.29. The third kappa shape index (κ3) is 4.25. The van der Waals surface area contributed by atoms with Gasteiger partial charge in [-0.1, -0.05) is 0 Å². The summed E-state index contributed by atoms with van der Waals surface area (Å²) in [6.45, 7) is 0. The smallest absolute Gasteiger partial charge is 0.321 e. The van der Waals surface area contributed by atoms with Gasteiger partial charge in [-0.15, -0.1) is 11.3 Å². The van der Waals surface area contributed by atoms with E-state index in [0.717, 1.165) is 36.9 Å². The first-order valence-electron chi connectivity index (χ1n) is 9.16. The van der Waals surface area contributed by atoms with Gasteiger partial charge in [-0.05, 0) is 43.9 Å². The third-order valence-electron chi connectivity index (χ3n) is 4.83. The van der Waals surface area contributed by atoms with E-state index >= 15 is 0 Å². The Bertz CT molecular complexity index is 981. The van der Waals surface area contributed by atoms with Gasteiger partial charge in [0.25, 0.3) is 5.56 Å². The molecule has 0 radical (unpaired) electrons. The summed E-state index contributed by atoms with van der Waals surface area (Å²) in [5.41, 5.74) is 1.58. The van der Waals surface area contributed by atoms with Gasteiger partial charge in [-0.25, -0.2) is 14.5 Å². The molecule has 8 nitrogen and oxygen atoms in total. The molecule has 2 amide bonds. The summed E-state index contributed by atoms with van der Waals surface area (Å²) in [6.07, 6.45) is 8.23. The van der Waals surface area contributed by atoms with Crippen LogP contribution in [0.25, 0.3) is 11.3 Å². The van der Waals surface area contributed by atoms with Crippen molar-refractivity contribution in [3.05, 3.63) is 58.6 Å². The van der Waals surface area contributed by atoms with Crippen molar-refractivity contribution in [2.75, 3.05) is 5.32 Å². The number of urea groups is 1. The molecule has 28 heavy (non-hydrogen) atoms. The summed E-state index contributed by atoms with van der Waals surface area (Å²) in [7, 11) is 0. The van der Waals surface area contributed by atoms with Crippen LogP contribution in [0, 0.1) is 0 Å². The number of carbonyl (C=O) groups excluding carboxylic acids is 1. The maximum absolute atomic E-state index is 12.3. The summed E-state index contributed by atoms with van der Waals surface area (Å²) in [5.74, 6) is 0. The Morgan fingerprint density at radius 1 is 1.07 bits per heavy atom. The minimum Gasteiger partial charge on any atom is -0.335 e. The Morgan fingerprint density at radius 2 is 1.86 bits per heavy atom. The van der Waals surface area contributed by atoms with Gasteiger partial charge in [0.15, 0.2) is 5.13 Å². The van der Waals surface area contributed by atoms with Crippen molar-refractivity contribution in [2.24, 2.45) is 0 Å². The van der Waals surface area contributed by atoms with Gasteiger partial charge in [-0.3, -0.25) is 15.1 Å². The fourth-order valence-corrected chi connectivity index (χ4v) is 3.96. The molecule has 2 N–H and O–H groups in total. The van der Waals surface area contributed by atoms with Gasteiger partial charge in [0.1, 0.15) is 0 Å². The minimum absolute atomic E-state index is 0.0364. The van der Waals surface area contributed by atoms with E-state index in [0.29, 0.717) is 5.13 Å². The molecule has 3 heterocycles. The summed E-state index contributed by atoms with van der Waals surface area (Å²) in [6, 6.07) is 6.93. The van der Waals surface area contributed by atoms with Gasteiger partial charge in [-0.2, -0.15) is 5.10 Å². The number of rotatable bonds is 4. The topological polar surface area (TPSA) is 102 Å². The third-order valence-corrected chi connectivity index (χ3v) is 5.52. The normalized spacial score (nSPS) is 19.1. The van der Waals surface area contributed by atoms with E-state index in [4.69, 9.17) is 0 Å². The molecule has 0 atom stereocenters. The number of pyridine rings is 1. The van der Waals surface area contributed by atoms with E-state index in [9.17, 15) is 9.59 Å². The number of hydrogen-bond donors (Lipinski definition) is 2. The molecule has 1 aliphatic carbocycles. The van der Waals surface area contributed by atoms with Crippen molar-refractivity contribution in [3.63, 3.8) is 0 Å². The van der Waals surface area contributed by atoms with E-state index in [1.807, 2.05) is 17.5 Å². The first-order valence-corrected chi connectivity index (χ1v) is 10.0. The molecular weight excluding hydrogens is 376 g/mol. The second-order valence-electron chi connectivity index (χ2n) is 6.68. The average Bonchev–Trinajstić information content (AvgIpc) is 3.22. The highest BCUT2D eigenvalue weighted by Crippen LogP contribution is 2.27. The Balaban J connectivity index is 1.38. The number of nitrogens with zero attached hydrogens (tertiary/aromatic N) is 4. The highest BCUT2D eigenvalue weighted by molar-refractivity contribution is 7.13. The number of anilines is 1. The van der Waals surface area contributed by atoms with Crippen molar-refractivity contribution in [1.82, 2.24) is 25.1 Å². The van der Waals surface area contributed by atoms with Crippen LogP contribution in [0.3, 0.4) is 0 Å². The van der Waals surface area contributed by atoms with E-state index in [2.05, 4.69) is 25.7 Å². The number of aromatic nitrogens is 4. The van der Waals surface area contributed by atoms with E-state index < -0.39 is 0 Å². The minimum atomic E-state index is -0.242. The molecule has 9 heteroatoms. The zero-order valence-corrected chi connectivity index (χ0v) is 15.9. The molecular formula is C19H20N6O2S. The maximum atomic E-state index is 12.3. The molecule has 0 bridgehead atoms. The summed E-state index contributed by atoms with van der Waals surface area (Å²) >= 11 is 1.38. The molecule has 144 valence electrons. The van der Waals surface area contributed by atoms with Crippen LogP contribution in [0.2, 0.25) is 0 Å². The molecule has 0 aromatic carbocycles. The van der Waals surface area contributed by atoms with Gasteiger partial charge < -0.3 is 5.32 Å². The van der Waals surface area contributed by atoms with Crippen molar-refractivity contribution in [1.29, 1.82) is 0 Å². The van der Waals surface area contributed by atoms with Crippen molar-refractivity contribution in [2.45, 2.75) is 37.8 Å². The molecule has 3 aromatic heterocycles. The summed E-state index contributed by atoms with van der Waals surface area (Å²) in [5, 5.41) is 12.7. The van der Waals surface area contributed by atoms with E-state index in [-0.39, 0.29) is 23.7 Å². The number of thiazole rings is 1. The average molecular weight is 396 g/mol. The summed E-state index contributed by atoms with van der Waals surface area (Å²) < 4.78 is 1.58. The second kappa shape index (κ2) is 8.30. The van der Waals surface area contributed by atoms with Gasteiger partial charge in [0.05, 0.1) is 11.7 Å². The molecule has 1 fully saturated rings. The lowest BCUT2D eigenvalue weighted by Crippen LogP contribution is -2.41. The number of carbonyl (C=O) groups is 1. The quantitative estimate of drug-likeness (QED) is 0.706. The molecule has 4 rings (SSSR count). The molecule has 3 aromatic rings. The SMILES string of the molecule is O=C(Nc1nccs1)NC1CCC(n2nc(-c3ccncc3)ccc2=O)CC1. The predicted molar refractivity (Wildman–Crippen MR) is 107 cm³/mol. The zero-order valence-electron chi connectivity index (χ0n) is 15.1. The fourth-order valence-electron chi connectivity index (χ4n) is 3.43. The Labute approximate surface area is 165 Å². The van der Waals surface area contributed by atoms with Crippen LogP contribution in [0.1, 0.15) is 31.7 Å². The standard InChI is InChI=1S/C19H20N6O2S/c26-17-6-5-16(13-7-9-20-10-8-13)24-25(17)15-3-1-14(2-4-15)22-18(27)23-19-21-11-12-28-19/h5-12,14-15H,1-4H2,(H2,21,22,23,27). The van der Waals surface area contributed by atoms with Crippen LogP contribution < -0.4 is 16.2 Å². The maximum Gasteiger partial charge on any atom is 0.321 e.